The molecule has 2 aliphatic carbocycles. The van der Waals surface area contributed by atoms with Crippen molar-refractivity contribution in [2.75, 3.05) is 4.90 Å². The Morgan fingerprint density at radius 2 is 0.507 bits per heavy atom. The van der Waals surface area contributed by atoms with Gasteiger partial charge in [-0.15, -0.1) is 0 Å². The Bertz CT molecular complexity index is 3440. The lowest BCUT2D eigenvalue weighted by molar-refractivity contribution is 0.624. The first-order chi connectivity index (χ1) is 34.2. The van der Waals surface area contributed by atoms with Crippen molar-refractivity contribution in [2.24, 2.45) is 0 Å². The summed E-state index contributed by atoms with van der Waals surface area (Å²) in [7, 11) is 0. The maximum absolute atomic E-state index is 2.50. The molecule has 324 valence electrons. The summed E-state index contributed by atoms with van der Waals surface area (Å²) < 4.78 is 0. The van der Waals surface area contributed by atoms with Crippen molar-refractivity contribution in [3.63, 3.8) is 0 Å². The first kappa shape index (κ1) is 40.5. The molecule has 0 saturated carbocycles. The molecule has 1 nitrogen and oxygen atoms in total. The van der Waals surface area contributed by atoms with Crippen molar-refractivity contribution in [3.05, 3.63) is 330 Å². The molecule has 11 aromatic rings. The van der Waals surface area contributed by atoms with Crippen molar-refractivity contribution < 1.29 is 0 Å². The van der Waals surface area contributed by atoms with Crippen LogP contribution in [0.1, 0.15) is 44.5 Å². The summed E-state index contributed by atoms with van der Waals surface area (Å²) in [6, 6.07) is 105. The molecule has 0 unspecified atom stereocenters. The van der Waals surface area contributed by atoms with E-state index < -0.39 is 10.8 Å². The zero-order chi connectivity index (χ0) is 45.8. The van der Waals surface area contributed by atoms with E-state index >= 15 is 0 Å². The molecule has 69 heavy (non-hydrogen) atoms. The van der Waals surface area contributed by atoms with E-state index in [1.54, 1.807) is 0 Å². The topological polar surface area (TPSA) is 3.24 Å². The molecule has 0 bridgehead atoms. The zero-order valence-electron chi connectivity index (χ0n) is 38.1. The van der Waals surface area contributed by atoms with E-state index in [2.05, 4.69) is 290 Å². The molecule has 0 amide bonds. The van der Waals surface area contributed by atoms with Gasteiger partial charge in [-0.05, 0) is 131 Å². The molecule has 0 heterocycles. The Labute approximate surface area is 404 Å². The second-order valence-corrected chi connectivity index (χ2v) is 18.3. The molecule has 1 spiro atoms. The molecule has 0 saturated heterocycles. The van der Waals surface area contributed by atoms with Crippen LogP contribution in [0.4, 0.5) is 17.1 Å². The van der Waals surface area contributed by atoms with Crippen molar-refractivity contribution in [2.45, 2.75) is 10.8 Å². The highest BCUT2D eigenvalue weighted by Crippen LogP contribution is 2.64. The smallest absolute Gasteiger partial charge is 0.0720 e. The van der Waals surface area contributed by atoms with Gasteiger partial charge in [-0.2, -0.15) is 0 Å². The summed E-state index contributed by atoms with van der Waals surface area (Å²) >= 11 is 0. The molecule has 0 aliphatic heterocycles. The van der Waals surface area contributed by atoms with Gasteiger partial charge in [0.05, 0.1) is 10.8 Å². The predicted octanol–water partition coefficient (Wildman–Crippen LogP) is 17.2. The van der Waals surface area contributed by atoms with Crippen LogP contribution in [0.25, 0.3) is 44.5 Å². The maximum atomic E-state index is 2.50. The monoisotopic (exact) mass is 877 g/mol. The number of anilines is 3. The fraction of sp³-hybridized carbons (Fsp3) is 0.0294. The van der Waals surface area contributed by atoms with Gasteiger partial charge in [-0.25, -0.2) is 0 Å². The Morgan fingerprint density at radius 1 is 0.203 bits per heavy atom. The van der Waals surface area contributed by atoms with Crippen LogP contribution in [0, 0.1) is 0 Å². The van der Waals surface area contributed by atoms with Crippen LogP contribution < -0.4 is 4.90 Å². The van der Waals surface area contributed by atoms with E-state index in [0.717, 1.165) is 17.1 Å². The number of nitrogens with zero attached hydrogens (tertiary/aromatic N) is 1. The van der Waals surface area contributed by atoms with Crippen molar-refractivity contribution in [1.82, 2.24) is 0 Å². The zero-order valence-corrected chi connectivity index (χ0v) is 38.1. The quantitative estimate of drug-likeness (QED) is 0.147. The average Bonchev–Trinajstić information content (AvgIpc) is 3.73. The lowest BCUT2D eigenvalue weighted by Crippen LogP contribution is -2.44. The predicted molar refractivity (Wildman–Crippen MR) is 287 cm³/mol. The number of fused-ring (bicyclic) bond motifs is 9. The van der Waals surface area contributed by atoms with E-state index in [0.29, 0.717) is 0 Å². The highest BCUT2D eigenvalue weighted by Gasteiger charge is 2.56. The molecule has 1 heteroatoms. The normalized spacial score (nSPS) is 13.4. The first-order valence-electron chi connectivity index (χ1n) is 24.0. The second kappa shape index (κ2) is 16.5. The number of hydrogen-bond donors (Lipinski definition) is 0. The summed E-state index contributed by atoms with van der Waals surface area (Å²) in [6.45, 7) is 0. The second-order valence-electron chi connectivity index (χ2n) is 18.3. The van der Waals surface area contributed by atoms with E-state index in [1.165, 1.54) is 89.0 Å². The number of benzene rings is 11. The van der Waals surface area contributed by atoms with Gasteiger partial charge >= 0.3 is 0 Å². The van der Waals surface area contributed by atoms with E-state index in [-0.39, 0.29) is 0 Å². The third-order valence-corrected chi connectivity index (χ3v) is 14.9. The van der Waals surface area contributed by atoms with Crippen LogP contribution in [0.15, 0.2) is 285 Å². The number of rotatable bonds is 8. The lowest BCUT2D eigenvalue weighted by atomic mass is 9.51. The lowest BCUT2D eigenvalue weighted by Gasteiger charge is -2.50. The van der Waals surface area contributed by atoms with Crippen LogP contribution in [0.3, 0.4) is 0 Å². The van der Waals surface area contributed by atoms with E-state index in [1.807, 2.05) is 0 Å². The Morgan fingerprint density at radius 3 is 0.942 bits per heavy atom. The largest absolute Gasteiger partial charge is 0.311 e. The standard InChI is InChI=1S/C68H47N/c1-5-19-48(20-6-1)50-33-40-56(41-34-50)69(57-42-35-51(36-43-57)49-21-7-2-8-22-49)58-44-37-52(38-45-58)53-39-46-60-59-27-13-14-28-61(59)68(66(60)47-53)64-31-17-15-29-62(64)67(54-23-9-3-10-24-54,55-25-11-4-12-26-55)63-30-16-18-32-65(63)68/h1-47H. The molecule has 0 atom stereocenters. The number of hydrogen-bond acceptors (Lipinski definition) is 1. The summed E-state index contributed by atoms with van der Waals surface area (Å²) in [5.74, 6) is 0. The summed E-state index contributed by atoms with van der Waals surface area (Å²) in [4.78, 5) is 2.36. The van der Waals surface area contributed by atoms with Crippen molar-refractivity contribution >= 4 is 17.1 Å². The summed E-state index contributed by atoms with van der Waals surface area (Å²) in [5, 5.41) is 0. The SMILES string of the molecule is c1ccc(-c2ccc(N(c3ccc(-c4ccccc4)cc3)c3ccc(-c4ccc5c(c4)C4(c6ccccc6-5)c5ccccc5C(c5ccccc5)(c5ccccc5)c5ccccc54)cc3)cc2)cc1. The van der Waals surface area contributed by atoms with Crippen molar-refractivity contribution in [3.8, 4) is 44.5 Å². The Hall–Kier alpha value is -8.78. The van der Waals surface area contributed by atoms with Gasteiger partial charge in [0.1, 0.15) is 0 Å². The Kier molecular flexibility index (Phi) is 9.70. The summed E-state index contributed by atoms with van der Waals surface area (Å²) in [6.07, 6.45) is 0. The van der Waals surface area contributed by atoms with Gasteiger partial charge in [0.25, 0.3) is 0 Å². The minimum atomic E-state index is -0.559. The molecule has 13 rings (SSSR count). The fourth-order valence-corrected chi connectivity index (χ4v) is 11.9. The van der Waals surface area contributed by atoms with Crippen LogP contribution in [-0.2, 0) is 10.8 Å². The maximum Gasteiger partial charge on any atom is 0.0720 e. The molecular weight excluding hydrogens is 831 g/mol. The van der Waals surface area contributed by atoms with E-state index in [4.69, 9.17) is 0 Å². The molecule has 0 fully saturated rings. The van der Waals surface area contributed by atoms with Crippen LogP contribution >= 0.6 is 0 Å². The van der Waals surface area contributed by atoms with Gasteiger partial charge in [0.2, 0.25) is 0 Å². The summed E-state index contributed by atoms with van der Waals surface area (Å²) in [5.41, 5.74) is 22.4. The van der Waals surface area contributed by atoms with Gasteiger partial charge in [-0.3, -0.25) is 0 Å². The van der Waals surface area contributed by atoms with Crippen LogP contribution in [0.2, 0.25) is 0 Å². The molecule has 0 N–H and O–H groups in total. The van der Waals surface area contributed by atoms with Gasteiger partial charge in [0.15, 0.2) is 0 Å². The average molecular weight is 878 g/mol. The third kappa shape index (κ3) is 6.32. The van der Waals surface area contributed by atoms with E-state index in [9.17, 15) is 0 Å². The van der Waals surface area contributed by atoms with Gasteiger partial charge < -0.3 is 4.90 Å². The first-order valence-corrected chi connectivity index (χ1v) is 24.0. The highest BCUT2D eigenvalue weighted by molar-refractivity contribution is 5.91. The van der Waals surface area contributed by atoms with Crippen molar-refractivity contribution in [1.29, 1.82) is 0 Å². The van der Waals surface area contributed by atoms with Gasteiger partial charge in [-0.1, -0.05) is 243 Å². The van der Waals surface area contributed by atoms with Crippen LogP contribution in [-0.4, -0.2) is 0 Å². The van der Waals surface area contributed by atoms with Gasteiger partial charge in [0, 0.05) is 17.1 Å². The molecule has 11 aromatic carbocycles. The van der Waals surface area contributed by atoms with Crippen LogP contribution in [0.5, 0.6) is 0 Å². The Balaban J connectivity index is 0.962. The minimum Gasteiger partial charge on any atom is -0.311 e. The molecule has 0 radical (unpaired) electrons. The molecule has 2 aliphatic rings. The minimum absolute atomic E-state index is 0.540. The molecule has 0 aromatic heterocycles. The molecular formula is C68H47N. The highest BCUT2D eigenvalue weighted by atomic mass is 15.1. The third-order valence-electron chi connectivity index (χ3n) is 14.9. The fourth-order valence-electron chi connectivity index (χ4n) is 11.9.